The third-order valence-corrected chi connectivity index (χ3v) is 2.97. The van der Waals surface area contributed by atoms with Crippen molar-refractivity contribution in [1.82, 2.24) is 0 Å². The van der Waals surface area contributed by atoms with Gasteiger partial charge in [0, 0.05) is 6.42 Å². The molecule has 1 unspecified atom stereocenters. The lowest BCUT2D eigenvalue weighted by molar-refractivity contribution is -0.145. The molecule has 0 saturated carbocycles. The quantitative estimate of drug-likeness (QED) is 0.262. The monoisotopic (exact) mass is 262 g/mol. The van der Waals surface area contributed by atoms with Gasteiger partial charge in [-0.1, -0.05) is 39.0 Å². The topological polar surface area (TPSA) is 43.4 Å². The van der Waals surface area contributed by atoms with Crippen LogP contribution in [0.5, 0.6) is 0 Å². The fraction of sp³-hybridized carbons (Fsp3) is 0.846. The van der Waals surface area contributed by atoms with E-state index in [-0.39, 0.29) is 12.4 Å². The number of halogens is 1. The van der Waals surface area contributed by atoms with Crippen LogP contribution in [0.1, 0.15) is 58.8 Å². The van der Waals surface area contributed by atoms with Crippen LogP contribution in [0, 0.1) is 0 Å². The molecule has 0 N–H and O–H groups in total. The van der Waals surface area contributed by atoms with E-state index in [0.29, 0.717) is 6.42 Å². The van der Waals surface area contributed by atoms with E-state index in [1.54, 1.807) is 6.92 Å². The number of carbonyl (C=O) groups excluding carboxylic acids is 2. The summed E-state index contributed by atoms with van der Waals surface area (Å²) in [4.78, 5) is 22.7. The van der Waals surface area contributed by atoms with Crippen LogP contribution in [-0.2, 0) is 14.3 Å². The SMILES string of the molecule is CCCCCCCCC(=O)C(Cl)C(=O)OCC. The molecule has 0 aromatic carbocycles. The third-order valence-electron chi connectivity index (χ3n) is 2.55. The molecular weight excluding hydrogens is 240 g/mol. The van der Waals surface area contributed by atoms with Crippen LogP contribution in [-0.4, -0.2) is 23.7 Å². The summed E-state index contributed by atoms with van der Waals surface area (Å²) in [7, 11) is 0. The number of esters is 1. The standard InChI is InChI=1S/C13H23ClO3/c1-3-5-6-7-8-9-10-11(15)12(14)13(16)17-4-2/h12H,3-10H2,1-2H3. The number of alkyl halides is 1. The molecule has 0 heterocycles. The third kappa shape index (κ3) is 8.19. The fourth-order valence-electron chi connectivity index (χ4n) is 1.55. The second kappa shape index (κ2) is 10.6. The van der Waals surface area contributed by atoms with Crippen molar-refractivity contribution < 1.29 is 14.3 Å². The first-order valence-corrected chi connectivity index (χ1v) is 6.90. The number of carbonyl (C=O) groups is 2. The van der Waals surface area contributed by atoms with Crippen LogP contribution in [0.15, 0.2) is 0 Å². The van der Waals surface area contributed by atoms with Crippen molar-refractivity contribution in [2.24, 2.45) is 0 Å². The molecule has 0 rings (SSSR count). The highest BCUT2D eigenvalue weighted by Crippen LogP contribution is 2.11. The molecule has 0 aliphatic carbocycles. The van der Waals surface area contributed by atoms with Gasteiger partial charge in [0.05, 0.1) is 6.61 Å². The van der Waals surface area contributed by atoms with Gasteiger partial charge in [0.1, 0.15) is 0 Å². The molecule has 0 fully saturated rings. The van der Waals surface area contributed by atoms with Crippen LogP contribution in [0.3, 0.4) is 0 Å². The second-order valence-corrected chi connectivity index (χ2v) is 4.54. The molecule has 0 bridgehead atoms. The summed E-state index contributed by atoms with van der Waals surface area (Å²) in [5, 5.41) is -1.12. The zero-order valence-electron chi connectivity index (χ0n) is 10.8. The van der Waals surface area contributed by atoms with E-state index in [4.69, 9.17) is 16.3 Å². The van der Waals surface area contributed by atoms with Crippen molar-refractivity contribution >= 4 is 23.4 Å². The van der Waals surface area contributed by atoms with E-state index in [9.17, 15) is 9.59 Å². The van der Waals surface area contributed by atoms with E-state index < -0.39 is 11.3 Å². The molecule has 0 aromatic rings. The molecule has 0 amide bonds. The highest BCUT2D eigenvalue weighted by Gasteiger charge is 2.24. The summed E-state index contributed by atoms with van der Waals surface area (Å²) in [5.41, 5.74) is 0. The summed E-state index contributed by atoms with van der Waals surface area (Å²) in [6.45, 7) is 4.12. The molecule has 4 heteroatoms. The number of unbranched alkanes of at least 4 members (excludes halogenated alkanes) is 5. The lowest BCUT2D eigenvalue weighted by Crippen LogP contribution is -2.26. The van der Waals surface area contributed by atoms with Gasteiger partial charge in [-0.05, 0) is 13.3 Å². The maximum absolute atomic E-state index is 11.5. The highest BCUT2D eigenvalue weighted by atomic mass is 35.5. The molecule has 0 spiro atoms. The minimum Gasteiger partial charge on any atom is -0.465 e. The number of rotatable bonds is 10. The van der Waals surface area contributed by atoms with E-state index in [1.807, 2.05) is 0 Å². The maximum Gasteiger partial charge on any atom is 0.331 e. The zero-order chi connectivity index (χ0) is 13.1. The van der Waals surface area contributed by atoms with Gasteiger partial charge < -0.3 is 4.74 Å². The van der Waals surface area contributed by atoms with Gasteiger partial charge in [-0.25, -0.2) is 4.79 Å². The minimum atomic E-state index is -1.12. The Labute approximate surface area is 109 Å². The highest BCUT2D eigenvalue weighted by molar-refractivity contribution is 6.41. The lowest BCUT2D eigenvalue weighted by Gasteiger charge is -2.07. The number of hydrogen-bond acceptors (Lipinski definition) is 3. The van der Waals surface area contributed by atoms with Crippen molar-refractivity contribution in [3.63, 3.8) is 0 Å². The zero-order valence-corrected chi connectivity index (χ0v) is 11.6. The average molecular weight is 263 g/mol. The normalized spacial score (nSPS) is 12.2. The van der Waals surface area contributed by atoms with Crippen molar-refractivity contribution in [2.75, 3.05) is 6.61 Å². The van der Waals surface area contributed by atoms with Crippen LogP contribution in [0.25, 0.3) is 0 Å². The Balaban J connectivity index is 3.60. The van der Waals surface area contributed by atoms with Gasteiger partial charge >= 0.3 is 5.97 Å². The number of hydrogen-bond donors (Lipinski definition) is 0. The van der Waals surface area contributed by atoms with Crippen LogP contribution in [0.2, 0.25) is 0 Å². The number of Topliss-reactive ketones (excluding diaryl/α,β-unsaturated/α-hetero) is 1. The van der Waals surface area contributed by atoms with E-state index in [0.717, 1.165) is 19.3 Å². The average Bonchev–Trinajstić information content (AvgIpc) is 2.32. The largest absolute Gasteiger partial charge is 0.465 e. The summed E-state index contributed by atoms with van der Waals surface area (Å²) >= 11 is 5.70. The Hall–Kier alpha value is -0.570. The lowest BCUT2D eigenvalue weighted by atomic mass is 10.1. The summed E-state index contributed by atoms with van der Waals surface area (Å²) in [5.74, 6) is -0.842. The Morgan fingerprint density at radius 3 is 2.24 bits per heavy atom. The van der Waals surface area contributed by atoms with E-state index >= 15 is 0 Å². The minimum absolute atomic E-state index is 0.222. The molecule has 0 aromatic heterocycles. The molecule has 0 saturated heterocycles. The molecule has 3 nitrogen and oxygen atoms in total. The Kier molecular flexibility index (Phi) is 10.2. The Morgan fingerprint density at radius 1 is 1.06 bits per heavy atom. The van der Waals surface area contributed by atoms with Gasteiger partial charge in [0.15, 0.2) is 11.2 Å². The van der Waals surface area contributed by atoms with Crippen LogP contribution in [0.4, 0.5) is 0 Å². The predicted molar refractivity (Wildman–Crippen MR) is 69.3 cm³/mol. The molecular formula is C13H23ClO3. The van der Waals surface area contributed by atoms with Crippen molar-refractivity contribution in [2.45, 2.75) is 64.2 Å². The van der Waals surface area contributed by atoms with Gasteiger partial charge in [-0.3, -0.25) is 4.79 Å². The number of ether oxygens (including phenoxy) is 1. The maximum atomic E-state index is 11.5. The summed E-state index contributed by atoms with van der Waals surface area (Å²) in [6.07, 6.45) is 7.03. The van der Waals surface area contributed by atoms with Gasteiger partial charge in [-0.2, -0.15) is 0 Å². The Morgan fingerprint density at radius 2 is 1.65 bits per heavy atom. The van der Waals surface area contributed by atoms with Gasteiger partial charge in [0.2, 0.25) is 0 Å². The van der Waals surface area contributed by atoms with Crippen molar-refractivity contribution in [1.29, 1.82) is 0 Å². The van der Waals surface area contributed by atoms with E-state index in [1.165, 1.54) is 19.3 Å². The van der Waals surface area contributed by atoms with Gasteiger partial charge in [0.25, 0.3) is 0 Å². The molecule has 0 radical (unpaired) electrons. The second-order valence-electron chi connectivity index (χ2n) is 4.10. The molecule has 17 heavy (non-hydrogen) atoms. The molecule has 0 aliphatic heterocycles. The first-order valence-electron chi connectivity index (χ1n) is 6.46. The smallest absolute Gasteiger partial charge is 0.331 e. The summed E-state index contributed by atoms with van der Waals surface area (Å²) < 4.78 is 4.69. The first-order chi connectivity index (χ1) is 8.13. The van der Waals surface area contributed by atoms with Crippen molar-refractivity contribution in [3.8, 4) is 0 Å². The molecule has 1 atom stereocenters. The van der Waals surface area contributed by atoms with E-state index in [2.05, 4.69) is 6.92 Å². The van der Waals surface area contributed by atoms with Crippen LogP contribution < -0.4 is 0 Å². The first kappa shape index (κ1) is 16.4. The molecule has 0 aliphatic rings. The Bertz CT molecular complexity index is 229. The van der Waals surface area contributed by atoms with Crippen molar-refractivity contribution in [3.05, 3.63) is 0 Å². The predicted octanol–water partition coefficient (Wildman–Crippen LogP) is 3.48. The summed E-state index contributed by atoms with van der Waals surface area (Å²) in [6, 6.07) is 0. The van der Waals surface area contributed by atoms with Gasteiger partial charge in [-0.15, -0.1) is 11.6 Å². The van der Waals surface area contributed by atoms with Crippen LogP contribution >= 0.6 is 11.6 Å². The fourth-order valence-corrected chi connectivity index (χ4v) is 1.73. The number of ketones is 1. The molecule has 100 valence electrons.